The zero-order valence-electron chi connectivity index (χ0n) is 16.1. The summed E-state index contributed by atoms with van der Waals surface area (Å²) in [7, 11) is 0. The molecule has 0 fully saturated rings. The Bertz CT molecular complexity index is 1230. The molecule has 10 heteroatoms. The maximum Gasteiger partial charge on any atom is 0.276 e. The summed E-state index contributed by atoms with van der Waals surface area (Å²) in [6.45, 7) is -0.510. The number of amides is 1. The number of aliphatic hydroxyl groups is 2. The lowest BCUT2D eigenvalue weighted by Crippen LogP contribution is -2.21. The van der Waals surface area contributed by atoms with Crippen molar-refractivity contribution in [1.82, 2.24) is 19.6 Å². The van der Waals surface area contributed by atoms with Gasteiger partial charge >= 0.3 is 0 Å². The fourth-order valence-corrected chi connectivity index (χ4v) is 2.88. The highest BCUT2D eigenvalue weighted by Crippen LogP contribution is 2.28. The van der Waals surface area contributed by atoms with Crippen LogP contribution in [0.3, 0.4) is 0 Å². The zero-order chi connectivity index (χ0) is 21.8. The van der Waals surface area contributed by atoms with Gasteiger partial charge in [0, 0.05) is 11.8 Å². The summed E-state index contributed by atoms with van der Waals surface area (Å²) in [4.78, 5) is 20.5. The van der Waals surface area contributed by atoms with Gasteiger partial charge < -0.3 is 20.3 Å². The van der Waals surface area contributed by atoms with Gasteiger partial charge in [-0.1, -0.05) is 12.1 Å². The molecule has 9 nitrogen and oxygen atoms in total. The van der Waals surface area contributed by atoms with Crippen LogP contribution in [0.4, 0.5) is 10.1 Å². The van der Waals surface area contributed by atoms with Crippen LogP contribution in [0.2, 0.25) is 0 Å². The van der Waals surface area contributed by atoms with Gasteiger partial charge in [-0.25, -0.2) is 13.9 Å². The number of para-hydroxylation sites is 1. The Morgan fingerprint density at radius 2 is 2.03 bits per heavy atom. The summed E-state index contributed by atoms with van der Waals surface area (Å²) in [6.07, 6.45) is 2.71. The number of nitrogens with zero attached hydrogens (tertiary/aromatic N) is 4. The summed E-state index contributed by atoms with van der Waals surface area (Å²) < 4.78 is 20.8. The van der Waals surface area contributed by atoms with Crippen molar-refractivity contribution in [2.24, 2.45) is 0 Å². The molecule has 1 amide bonds. The van der Waals surface area contributed by atoms with Gasteiger partial charge in [-0.3, -0.25) is 9.78 Å². The molecule has 0 bridgehead atoms. The predicted octanol–water partition coefficient (Wildman–Crippen LogP) is 1.91. The lowest BCUT2D eigenvalue weighted by atomic mass is 10.1. The number of hydrogen-bond donors (Lipinski definition) is 3. The van der Waals surface area contributed by atoms with Crippen LogP contribution < -0.4 is 10.1 Å². The number of pyridine rings is 1. The average Bonchev–Trinajstić information content (AvgIpc) is 3.22. The number of halogens is 1. The van der Waals surface area contributed by atoms with E-state index in [0.717, 1.165) is 6.20 Å². The van der Waals surface area contributed by atoms with E-state index in [9.17, 15) is 14.3 Å². The highest BCUT2D eigenvalue weighted by atomic mass is 19.1. The smallest absolute Gasteiger partial charge is 0.276 e. The van der Waals surface area contributed by atoms with Crippen molar-refractivity contribution < 1.29 is 24.1 Å². The van der Waals surface area contributed by atoms with E-state index in [1.54, 1.807) is 36.4 Å². The molecule has 4 rings (SSSR count). The largest absolute Gasteiger partial charge is 0.490 e. The summed E-state index contributed by atoms with van der Waals surface area (Å²) in [5.74, 6) is -0.792. The third-order valence-electron chi connectivity index (χ3n) is 4.42. The number of aromatic nitrogens is 4. The first kappa shape index (κ1) is 20.4. The van der Waals surface area contributed by atoms with Crippen molar-refractivity contribution in [3.05, 3.63) is 72.6 Å². The fourth-order valence-electron chi connectivity index (χ4n) is 2.88. The first-order valence-electron chi connectivity index (χ1n) is 9.33. The van der Waals surface area contributed by atoms with Crippen molar-refractivity contribution in [2.75, 3.05) is 18.5 Å². The highest BCUT2D eigenvalue weighted by molar-refractivity contribution is 6.03. The van der Waals surface area contributed by atoms with E-state index in [0.29, 0.717) is 22.7 Å². The minimum Gasteiger partial charge on any atom is -0.490 e. The van der Waals surface area contributed by atoms with Gasteiger partial charge in [-0.2, -0.15) is 5.10 Å². The maximum atomic E-state index is 13.8. The number of fused-ring (bicyclic) bond motifs is 1. The van der Waals surface area contributed by atoms with Gasteiger partial charge in [0.15, 0.2) is 17.2 Å². The van der Waals surface area contributed by atoms with Gasteiger partial charge in [-0.05, 0) is 30.3 Å². The Labute approximate surface area is 175 Å². The van der Waals surface area contributed by atoms with E-state index in [4.69, 9.17) is 9.84 Å². The van der Waals surface area contributed by atoms with Crippen molar-refractivity contribution in [3.8, 4) is 17.0 Å². The zero-order valence-corrected chi connectivity index (χ0v) is 16.1. The standard InChI is InChI=1S/C21H18FN5O4/c22-15-9-23-8-7-17(15)25-21(30)18-10-24-20-6-5-16(26-27(18)20)14-3-1-2-4-19(14)31-12-13(29)11-28/h1-10,13,28-29H,11-12H2,(H,23,25,30)/t13-/m1/s1. The molecule has 158 valence electrons. The van der Waals surface area contributed by atoms with Crippen LogP contribution >= 0.6 is 0 Å². The summed E-state index contributed by atoms with van der Waals surface area (Å²) in [6, 6.07) is 11.8. The average molecular weight is 423 g/mol. The molecule has 0 saturated carbocycles. The maximum absolute atomic E-state index is 13.8. The first-order valence-corrected chi connectivity index (χ1v) is 9.33. The summed E-state index contributed by atoms with van der Waals surface area (Å²) in [5, 5.41) is 25.5. The molecule has 0 aliphatic rings. The van der Waals surface area contributed by atoms with Crippen molar-refractivity contribution in [1.29, 1.82) is 0 Å². The van der Waals surface area contributed by atoms with E-state index in [2.05, 4.69) is 20.4 Å². The number of imidazole rings is 1. The second kappa shape index (κ2) is 8.86. The Balaban J connectivity index is 1.66. The number of nitrogens with one attached hydrogen (secondary N) is 1. The SMILES string of the molecule is O=C(Nc1ccncc1F)c1cnc2ccc(-c3ccccc3OC[C@H](O)CO)nn12. The van der Waals surface area contributed by atoms with Gasteiger partial charge in [0.25, 0.3) is 5.91 Å². The third kappa shape index (κ3) is 4.34. The molecule has 0 unspecified atom stereocenters. The van der Waals surface area contributed by atoms with Gasteiger partial charge in [0.05, 0.1) is 30.4 Å². The Morgan fingerprint density at radius 3 is 2.84 bits per heavy atom. The number of rotatable bonds is 7. The highest BCUT2D eigenvalue weighted by Gasteiger charge is 2.17. The molecule has 4 aromatic rings. The van der Waals surface area contributed by atoms with Crippen LogP contribution in [-0.2, 0) is 0 Å². The van der Waals surface area contributed by atoms with E-state index < -0.39 is 24.4 Å². The van der Waals surface area contributed by atoms with Gasteiger partial charge in [0.1, 0.15) is 18.5 Å². The molecule has 1 atom stereocenters. The second-order valence-corrected chi connectivity index (χ2v) is 6.59. The van der Waals surface area contributed by atoms with E-state index in [1.807, 2.05) is 0 Å². The van der Waals surface area contributed by atoms with Crippen LogP contribution in [-0.4, -0.2) is 55.0 Å². The molecule has 31 heavy (non-hydrogen) atoms. The van der Waals surface area contributed by atoms with Gasteiger partial charge in [0.2, 0.25) is 0 Å². The molecule has 0 saturated heterocycles. The van der Waals surface area contributed by atoms with Crippen LogP contribution in [0.5, 0.6) is 5.75 Å². The second-order valence-electron chi connectivity index (χ2n) is 6.59. The van der Waals surface area contributed by atoms with Crippen molar-refractivity contribution in [2.45, 2.75) is 6.10 Å². The number of carbonyl (C=O) groups is 1. The molecular weight excluding hydrogens is 405 g/mol. The number of hydrogen-bond acceptors (Lipinski definition) is 7. The minimum atomic E-state index is -1.01. The normalized spacial score (nSPS) is 12.0. The van der Waals surface area contributed by atoms with E-state index in [-0.39, 0.29) is 18.0 Å². The monoisotopic (exact) mass is 423 g/mol. The summed E-state index contributed by atoms with van der Waals surface area (Å²) in [5.41, 5.74) is 1.64. The lowest BCUT2D eigenvalue weighted by molar-refractivity contribution is 0.0538. The minimum absolute atomic E-state index is 0.00714. The first-order chi connectivity index (χ1) is 15.1. The van der Waals surface area contributed by atoms with E-state index in [1.165, 1.54) is 23.0 Å². The topological polar surface area (TPSA) is 122 Å². The molecule has 0 aliphatic heterocycles. The molecule has 3 aromatic heterocycles. The number of aliphatic hydroxyl groups excluding tert-OH is 2. The molecule has 0 aliphatic carbocycles. The van der Waals surface area contributed by atoms with Gasteiger partial charge in [-0.15, -0.1) is 0 Å². The number of ether oxygens (including phenoxy) is 1. The summed E-state index contributed by atoms with van der Waals surface area (Å²) >= 11 is 0. The lowest BCUT2D eigenvalue weighted by Gasteiger charge is -2.13. The molecule has 0 spiro atoms. The fraction of sp³-hybridized carbons (Fsp3) is 0.143. The quantitative estimate of drug-likeness (QED) is 0.415. The number of benzene rings is 1. The Kier molecular flexibility index (Phi) is 5.83. The van der Waals surface area contributed by atoms with Crippen LogP contribution in [0.1, 0.15) is 10.5 Å². The predicted molar refractivity (Wildman–Crippen MR) is 109 cm³/mol. The number of carbonyl (C=O) groups excluding carboxylic acids is 1. The molecule has 0 radical (unpaired) electrons. The molecule has 3 heterocycles. The van der Waals surface area contributed by atoms with Crippen LogP contribution in [0.25, 0.3) is 16.9 Å². The van der Waals surface area contributed by atoms with Crippen LogP contribution in [0, 0.1) is 5.82 Å². The Hall–Kier alpha value is -3.89. The number of anilines is 1. The van der Waals surface area contributed by atoms with E-state index >= 15 is 0 Å². The van der Waals surface area contributed by atoms with Crippen LogP contribution in [0.15, 0.2) is 61.1 Å². The molecular formula is C21H18FN5O4. The third-order valence-corrected chi connectivity index (χ3v) is 4.42. The van der Waals surface area contributed by atoms with Crippen molar-refractivity contribution >= 4 is 17.2 Å². The van der Waals surface area contributed by atoms with Crippen molar-refractivity contribution in [3.63, 3.8) is 0 Å². The molecule has 3 N–H and O–H groups in total. The molecule has 1 aromatic carbocycles. The Morgan fingerprint density at radius 1 is 1.19 bits per heavy atom.